The largest absolute Gasteiger partial charge is 0.493 e. The van der Waals surface area contributed by atoms with Gasteiger partial charge >= 0.3 is 5.91 Å². The first kappa shape index (κ1) is 20.1. The second-order valence-electron chi connectivity index (χ2n) is 7.85. The van der Waals surface area contributed by atoms with Gasteiger partial charge in [0.25, 0.3) is 0 Å². The Morgan fingerprint density at radius 2 is 2.06 bits per heavy atom. The molecule has 3 aromatic heterocycles. The summed E-state index contributed by atoms with van der Waals surface area (Å²) in [6.07, 6.45) is 8.39. The van der Waals surface area contributed by atoms with Crippen LogP contribution in [0.3, 0.4) is 0 Å². The molecule has 1 N–H and O–H groups in total. The van der Waals surface area contributed by atoms with Gasteiger partial charge in [0.1, 0.15) is 0 Å². The molecule has 0 unspecified atom stereocenters. The van der Waals surface area contributed by atoms with Crippen molar-refractivity contribution in [3.8, 4) is 5.88 Å². The number of para-hydroxylation sites is 1. The molecule has 1 aromatic carbocycles. The second kappa shape index (κ2) is 8.76. The minimum atomic E-state index is -0.598. The van der Waals surface area contributed by atoms with E-state index in [1.165, 1.54) is 17.9 Å². The van der Waals surface area contributed by atoms with Crippen molar-refractivity contribution in [2.75, 3.05) is 6.54 Å². The molecule has 0 spiro atoms. The molecular weight excluding hydrogens is 406 g/mol. The van der Waals surface area contributed by atoms with Crippen LogP contribution in [0.4, 0.5) is 5.69 Å². The molecular formula is C24H23N5O3. The van der Waals surface area contributed by atoms with Gasteiger partial charge in [-0.15, -0.1) is 10.2 Å². The van der Waals surface area contributed by atoms with Crippen LogP contribution in [0, 0.1) is 0 Å². The zero-order chi connectivity index (χ0) is 21.9. The predicted octanol–water partition coefficient (Wildman–Crippen LogP) is 5.44. The molecule has 1 fully saturated rings. The fraction of sp³-hybridized carbons (Fsp3) is 0.250. The molecule has 1 amide bonds. The van der Waals surface area contributed by atoms with Crippen molar-refractivity contribution in [1.82, 2.24) is 14.5 Å². The zero-order valence-electron chi connectivity index (χ0n) is 17.5. The van der Waals surface area contributed by atoms with E-state index in [9.17, 15) is 9.90 Å². The quantitative estimate of drug-likeness (QED) is 0.426. The van der Waals surface area contributed by atoms with Gasteiger partial charge < -0.3 is 9.52 Å². The van der Waals surface area contributed by atoms with E-state index in [4.69, 9.17) is 4.42 Å². The van der Waals surface area contributed by atoms with E-state index in [2.05, 4.69) is 26.2 Å². The van der Waals surface area contributed by atoms with E-state index < -0.39 is 5.91 Å². The molecule has 0 saturated carbocycles. The number of benzene rings is 1. The highest BCUT2D eigenvalue weighted by molar-refractivity contribution is 5.96. The minimum absolute atomic E-state index is 0.0160. The third-order valence-electron chi connectivity index (χ3n) is 5.90. The van der Waals surface area contributed by atoms with Gasteiger partial charge in [-0.2, -0.15) is 0 Å². The predicted molar refractivity (Wildman–Crippen MR) is 119 cm³/mol. The summed E-state index contributed by atoms with van der Waals surface area (Å²) >= 11 is 0. The van der Waals surface area contributed by atoms with Crippen molar-refractivity contribution in [1.29, 1.82) is 0 Å². The van der Waals surface area contributed by atoms with Crippen molar-refractivity contribution < 1.29 is 14.3 Å². The summed E-state index contributed by atoms with van der Waals surface area (Å²) in [5, 5.41) is 19.7. The molecule has 0 bridgehead atoms. The van der Waals surface area contributed by atoms with Crippen LogP contribution in [0.2, 0.25) is 0 Å². The number of aromatic nitrogens is 2. The average molecular weight is 429 g/mol. The van der Waals surface area contributed by atoms with Gasteiger partial charge in [-0.3, -0.25) is 19.2 Å². The summed E-state index contributed by atoms with van der Waals surface area (Å²) in [4.78, 5) is 18.8. The Bertz CT molecular complexity index is 1250. The van der Waals surface area contributed by atoms with Crippen molar-refractivity contribution in [3.63, 3.8) is 0 Å². The number of rotatable bonds is 5. The smallest absolute Gasteiger partial charge is 0.331 e. The monoisotopic (exact) mass is 429 g/mol. The topological polar surface area (TPSA) is 96.2 Å². The fourth-order valence-electron chi connectivity index (χ4n) is 4.35. The molecule has 162 valence electrons. The van der Waals surface area contributed by atoms with Gasteiger partial charge in [-0.05, 0) is 42.7 Å². The van der Waals surface area contributed by atoms with Crippen molar-refractivity contribution in [3.05, 3.63) is 78.5 Å². The first-order valence-electron chi connectivity index (χ1n) is 10.7. The van der Waals surface area contributed by atoms with Gasteiger partial charge in [-0.25, -0.2) is 0 Å². The number of amides is 1. The van der Waals surface area contributed by atoms with Gasteiger partial charge in [0.15, 0.2) is 11.4 Å². The highest BCUT2D eigenvalue weighted by Gasteiger charge is 2.26. The minimum Gasteiger partial charge on any atom is -0.493 e. The van der Waals surface area contributed by atoms with E-state index in [1.807, 2.05) is 41.1 Å². The average Bonchev–Trinajstić information content (AvgIpc) is 3.47. The zero-order valence-corrected chi connectivity index (χ0v) is 17.5. The number of aromatic hydroxyl groups is 1. The molecule has 8 nitrogen and oxygen atoms in total. The third kappa shape index (κ3) is 3.80. The molecule has 32 heavy (non-hydrogen) atoms. The maximum absolute atomic E-state index is 12.2. The molecule has 0 radical (unpaired) electrons. The SMILES string of the molecule is O=C(N=Nc1c(O)n(CN2CCCC[C@H]2c2cccnc2)c2ccccc12)c1ccco1. The number of hydrogen-bond acceptors (Lipinski definition) is 6. The molecule has 8 heteroatoms. The lowest BCUT2D eigenvalue weighted by molar-refractivity contribution is 0.0968. The van der Waals surface area contributed by atoms with Crippen molar-refractivity contribution >= 4 is 22.5 Å². The molecule has 4 aromatic rings. The number of hydrogen-bond donors (Lipinski definition) is 1. The van der Waals surface area contributed by atoms with Crippen molar-refractivity contribution in [2.24, 2.45) is 10.2 Å². The van der Waals surface area contributed by atoms with E-state index >= 15 is 0 Å². The van der Waals surface area contributed by atoms with Crippen LogP contribution in [0.15, 0.2) is 81.8 Å². The fourth-order valence-corrected chi connectivity index (χ4v) is 4.35. The Morgan fingerprint density at radius 1 is 1.16 bits per heavy atom. The van der Waals surface area contributed by atoms with Crippen LogP contribution in [0.25, 0.3) is 10.9 Å². The van der Waals surface area contributed by atoms with Gasteiger partial charge in [0.05, 0.1) is 18.4 Å². The van der Waals surface area contributed by atoms with Crippen LogP contribution in [0.5, 0.6) is 5.88 Å². The summed E-state index contributed by atoms with van der Waals surface area (Å²) in [7, 11) is 0. The molecule has 0 aliphatic carbocycles. The normalized spacial score (nSPS) is 17.3. The number of furan rings is 1. The summed E-state index contributed by atoms with van der Waals surface area (Å²) < 4.78 is 6.91. The van der Waals surface area contributed by atoms with Gasteiger partial charge in [0, 0.05) is 30.4 Å². The highest BCUT2D eigenvalue weighted by atomic mass is 16.3. The van der Waals surface area contributed by atoms with Crippen LogP contribution in [0.1, 0.15) is 41.4 Å². The number of azo groups is 1. The first-order chi connectivity index (χ1) is 15.7. The van der Waals surface area contributed by atoms with E-state index in [0.29, 0.717) is 6.67 Å². The van der Waals surface area contributed by atoms with Crippen LogP contribution in [-0.2, 0) is 6.67 Å². The highest BCUT2D eigenvalue weighted by Crippen LogP contribution is 2.40. The lowest BCUT2D eigenvalue weighted by Gasteiger charge is -2.36. The van der Waals surface area contributed by atoms with Crippen molar-refractivity contribution in [2.45, 2.75) is 32.0 Å². The molecule has 1 aliphatic heterocycles. The van der Waals surface area contributed by atoms with Crippen LogP contribution >= 0.6 is 0 Å². The lowest BCUT2D eigenvalue weighted by atomic mass is 9.97. The number of pyridine rings is 1. The number of piperidine rings is 1. The number of likely N-dealkylation sites (tertiary alicyclic amines) is 1. The van der Waals surface area contributed by atoms with Crippen LogP contribution in [-0.4, -0.2) is 32.0 Å². The summed E-state index contributed by atoms with van der Waals surface area (Å²) in [6.45, 7) is 1.41. The molecule has 1 saturated heterocycles. The van der Waals surface area contributed by atoms with E-state index in [-0.39, 0.29) is 23.4 Å². The summed E-state index contributed by atoms with van der Waals surface area (Å²) in [5.41, 5.74) is 2.28. The lowest BCUT2D eigenvalue weighted by Crippen LogP contribution is -2.34. The van der Waals surface area contributed by atoms with E-state index in [0.717, 1.165) is 36.7 Å². The number of fused-ring (bicyclic) bond motifs is 1. The Hall–Kier alpha value is -3.78. The maximum atomic E-state index is 12.2. The van der Waals surface area contributed by atoms with Gasteiger partial charge in [0.2, 0.25) is 5.88 Å². The maximum Gasteiger partial charge on any atom is 0.331 e. The molecule has 5 rings (SSSR count). The third-order valence-corrected chi connectivity index (χ3v) is 5.90. The Morgan fingerprint density at radius 3 is 2.88 bits per heavy atom. The Kier molecular flexibility index (Phi) is 5.51. The number of nitrogens with zero attached hydrogens (tertiary/aromatic N) is 5. The standard InChI is InChI=1S/C24H23N5O3/c30-23(21-11-6-14-32-21)27-26-22-18-8-1-2-10-20(18)29(24(22)31)16-28-13-4-3-9-19(28)17-7-5-12-25-15-17/h1-2,5-8,10-12,14-15,19,31H,3-4,9,13,16H2/t19-/m0/s1. The first-order valence-corrected chi connectivity index (χ1v) is 10.7. The van der Waals surface area contributed by atoms with Gasteiger partial charge in [-0.1, -0.05) is 30.7 Å². The Labute approximate surface area is 184 Å². The molecule has 1 atom stereocenters. The number of carbonyl (C=O) groups is 1. The second-order valence-corrected chi connectivity index (χ2v) is 7.85. The molecule has 1 aliphatic rings. The number of carbonyl (C=O) groups excluding carboxylic acids is 1. The summed E-state index contributed by atoms with van der Waals surface area (Å²) in [6, 6.07) is 15.0. The van der Waals surface area contributed by atoms with E-state index in [1.54, 1.807) is 12.3 Å². The van der Waals surface area contributed by atoms with Crippen LogP contribution < -0.4 is 0 Å². The molecule has 4 heterocycles. The summed E-state index contributed by atoms with van der Waals surface area (Å²) in [5.74, 6) is -0.513. The Balaban J connectivity index is 1.49.